The van der Waals surface area contributed by atoms with E-state index in [1.165, 1.54) is 12.4 Å². The van der Waals surface area contributed by atoms with Crippen LogP contribution in [-0.2, 0) is 20.9 Å². The molecule has 0 fully saturated rings. The highest BCUT2D eigenvalue weighted by Crippen LogP contribution is 2.76. The van der Waals surface area contributed by atoms with Crippen LogP contribution in [0.2, 0.25) is 0 Å². The molecule has 0 saturated carbocycles. The van der Waals surface area contributed by atoms with Gasteiger partial charge in [0.2, 0.25) is 0 Å². The summed E-state index contributed by atoms with van der Waals surface area (Å²) < 4.78 is 20.0. The lowest BCUT2D eigenvalue weighted by Gasteiger charge is -2.33. The molecule has 23 heavy (non-hydrogen) atoms. The molecule has 2 unspecified atom stereocenters. The van der Waals surface area contributed by atoms with Gasteiger partial charge in [0.1, 0.15) is 5.40 Å². The molecule has 0 bridgehead atoms. The zero-order chi connectivity index (χ0) is 17.9. The molecule has 0 aliphatic heterocycles. The zero-order valence-corrected chi connectivity index (χ0v) is 18.3. The van der Waals surface area contributed by atoms with Gasteiger partial charge in [0.25, 0.3) is 6.57 Å². The minimum Gasteiger partial charge on any atom is -0.345 e. The highest BCUT2D eigenvalue weighted by Gasteiger charge is 2.46. The summed E-state index contributed by atoms with van der Waals surface area (Å²) >= 11 is 8.92. The van der Waals surface area contributed by atoms with E-state index < -0.39 is 24.1 Å². The Bertz CT molecular complexity index is 618. The lowest BCUT2D eigenvalue weighted by Crippen LogP contribution is -2.21. The second-order valence-electron chi connectivity index (χ2n) is 5.88. The third-order valence-corrected chi connectivity index (χ3v) is 12.2. The SMILES string of the molecule is CCCC(P(=O)(OC(C)(C)C)Sc1ncc(Br)cn1)P(O)(O)=S. The van der Waals surface area contributed by atoms with Crippen molar-refractivity contribution in [1.82, 2.24) is 9.97 Å². The Morgan fingerprint density at radius 1 is 1.39 bits per heavy atom. The first-order chi connectivity index (χ1) is 10.4. The summed E-state index contributed by atoms with van der Waals surface area (Å²) in [6.45, 7) is -0.268. The number of nitrogens with zero attached hydrogens (tertiary/aromatic N) is 2. The Morgan fingerprint density at radius 2 is 1.91 bits per heavy atom. The van der Waals surface area contributed by atoms with Crippen LogP contribution in [0.25, 0.3) is 0 Å². The molecule has 11 heteroatoms. The predicted octanol–water partition coefficient (Wildman–Crippen LogP) is 4.76. The molecule has 1 aromatic rings. The monoisotopic (exact) mass is 462 g/mol. The van der Waals surface area contributed by atoms with Crippen LogP contribution in [0.1, 0.15) is 40.5 Å². The van der Waals surface area contributed by atoms with Crippen LogP contribution in [0.15, 0.2) is 22.0 Å². The van der Waals surface area contributed by atoms with Crippen LogP contribution in [0.4, 0.5) is 0 Å². The maximum atomic E-state index is 13.5. The first kappa shape index (κ1) is 21.7. The lowest BCUT2D eigenvalue weighted by molar-refractivity contribution is 0.139. The summed E-state index contributed by atoms with van der Waals surface area (Å²) in [4.78, 5) is 28.2. The maximum absolute atomic E-state index is 13.5. The van der Waals surface area contributed by atoms with Crippen molar-refractivity contribution in [2.24, 2.45) is 0 Å². The van der Waals surface area contributed by atoms with E-state index in [2.05, 4.69) is 25.9 Å². The van der Waals surface area contributed by atoms with Crippen molar-refractivity contribution in [3.63, 3.8) is 0 Å². The van der Waals surface area contributed by atoms with Gasteiger partial charge in [-0.25, -0.2) is 9.97 Å². The fourth-order valence-electron chi connectivity index (χ4n) is 1.75. The van der Waals surface area contributed by atoms with Gasteiger partial charge in [-0.05, 0) is 54.9 Å². The van der Waals surface area contributed by atoms with Gasteiger partial charge >= 0.3 is 0 Å². The van der Waals surface area contributed by atoms with E-state index in [0.29, 0.717) is 17.3 Å². The van der Waals surface area contributed by atoms with Crippen molar-refractivity contribution < 1.29 is 18.9 Å². The molecule has 1 rings (SSSR count). The average Bonchev–Trinajstić information content (AvgIpc) is 2.35. The van der Waals surface area contributed by atoms with E-state index in [0.717, 1.165) is 11.4 Å². The van der Waals surface area contributed by atoms with Gasteiger partial charge in [-0.2, -0.15) is 0 Å². The van der Waals surface area contributed by atoms with Gasteiger partial charge in [0, 0.05) is 23.8 Å². The van der Waals surface area contributed by atoms with Crippen LogP contribution in [-0.4, -0.2) is 30.8 Å². The summed E-state index contributed by atoms with van der Waals surface area (Å²) in [5, 5.41) is -0.781. The number of aromatic nitrogens is 2. The number of rotatable bonds is 7. The standard InChI is InChI=1S/C12H21BrN2O4P2S2/c1-5-6-10(20(16,17)22)21(18,19-12(2,3)4)23-11-14-7-9(13)8-15-11/h7-8,10H,5-6H2,1-4H3,(H2,16,17,22). The Hall–Kier alpha value is 0.670. The lowest BCUT2D eigenvalue weighted by atomic mass is 10.2. The molecule has 2 atom stereocenters. The first-order valence-corrected chi connectivity index (χ1v) is 13.6. The molecule has 0 radical (unpaired) electrons. The molecule has 2 N–H and O–H groups in total. The van der Waals surface area contributed by atoms with Gasteiger partial charge in [0.15, 0.2) is 11.6 Å². The number of hydrogen-bond acceptors (Lipinski definition) is 6. The van der Waals surface area contributed by atoms with Crippen molar-refractivity contribution in [1.29, 1.82) is 0 Å². The van der Waals surface area contributed by atoms with Gasteiger partial charge in [-0.3, -0.25) is 4.57 Å². The van der Waals surface area contributed by atoms with Crippen LogP contribution in [0.5, 0.6) is 0 Å². The second kappa shape index (κ2) is 8.37. The molecule has 0 spiro atoms. The third-order valence-electron chi connectivity index (χ3n) is 2.51. The van der Waals surface area contributed by atoms with Crippen LogP contribution < -0.4 is 0 Å². The summed E-state index contributed by atoms with van der Waals surface area (Å²) in [5.41, 5.74) is -0.742. The summed E-state index contributed by atoms with van der Waals surface area (Å²) in [7, 11) is 0. The Kier molecular flexibility index (Phi) is 7.90. The summed E-state index contributed by atoms with van der Waals surface area (Å²) in [6.07, 6.45) is 3.95. The molecule has 1 aromatic heterocycles. The molecule has 0 saturated heterocycles. The van der Waals surface area contributed by atoms with Gasteiger partial charge in [-0.1, -0.05) is 13.3 Å². The molecule has 132 valence electrons. The smallest absolute Gasteiger partial charge is 0.278 e. The van der Waals surface area contributed by atoms with Crippen molar-refractivity contribution in [2.45, 2.75) is 56.7 Å². The highest BCUT2D eigenvalue weighted by molar-refractivity contribution is 9.10. The summed E-state index contributed by atoms with van der Waals surface area (Å²) in [5.74, 6) is 0. The van der Waals surface area contributed by atoms with Crippen molar-refractivity contribution in [3.05, 3.63) is 16.9 Å². The molecule has 6 nitrogen and oxygen atoms in total. The molecular formula is C12H21BrN2O4P2S2. The van der Waals surface area contributed by atoms with E-state index in [1.807, 2.05) is 6.92 Å². The predicted molar refractivity (Wildman–Crippen MR) is 101 cm³/mol. The normalized spacial score (nSPS) is 16.8. The highest BCUT2D eigenvalue weighted by atomic mass is 79.9. The van der Waals surface area contributed by atoms with E-state index in [9.17, 15) is 14.4 Å². The number of halogens is 1. The van der Waals surface area contributed by atoms with Crippen molar-refractivity contribution >= 4 is 52.2 Å². The maximum Gasteiger partial charge on any atom is 0.278 e. The Morgan fingerprint density at radius 3 is 2.30 bits per heavy atom. The molecule has 0 amide bonds. The van der Waals surface area contributed by atoms with Gasteiger partial charge in [0.05, 0.1) is 10.1 Å². The summed E-state index contributed by atoms with van der Waals surface area (Å²) in [6, 6.07) is 0. The fraction of sp³-hybridized carbons (Fsp3) is 0.667. The Balaban J connectivity index is 3.27. The fourth-order valence-corrected chi connectivity index (χ4v) is 12.2. The Labute approximate surface area is 154 Å². The average molecular weight is 463 g/mol. The minimum atomic E-state index is -3.79. The quantitative estimate of drug-likeness (QED) is 0.442. The van der Waals surface area contributed by atoms with Crippen LogP contribution in [0, 0.1) is 0 Å². The van der Waals surface area contributed by atoms with E-state index in [-0.39, 0.29) is 5.16 Å². The van der Waals surface area contributed by atoms with E-state index >= 15 is 0 Å². The van der Waals surface area contributed by atoms with Gasteiger partial charge in [-0.15, -0.1) is 0 Å². The van der Waals surface area contributed by atoms with E-state index in [1.54, 1.807) is 20.8 Å². The van der Waals surface area contributed by atoms with E-state index in [4.69, 9.17) is 16.3 Å². The molecule has 1 heterocycles. The van der Waals surface area contributed by atoms with Crippen molar-refractivity contribution in [3.8, 4) is 0 Å². The van der Waals surface area contributed by atoms with Crippen LogP contribution in [0.3, 0.4) is 0 Å². The molecule has 0 aliphatic carbocycles. The third kappa shape index (κ3) is 7.20. The molecule has 0 aromatic carbocycles. The second-order valence-corrected chi connectivity index (χ2v) is 15.1. The van der Waals surface area contributed by atoms with Crippen LogP contribution >= 0.6 is 40.4 Å². The van der Waals surface area contributed by atoms with Crippen molar-refractivity contribution in [2.75, 3.05) is 0 Å². The minimum absolute atomic E-state index is 0.241. The zero-order valence-electron chi connectivity index (χ0n) is 13.3. The first-order valence-electron chi connectivity index (χ1n) is 6.90. The topological polar surface area (TPSA) is 92.5 Å². The van der Waals surface area contributed by atoms with Gasteiger partial charge < -0.3 is 14.3 Å². The molecule has 0 aliphatic rings. The molecular weight excluding hydrogens is 442 g/mol. The number of hydrogen-bond donors (Lipinski definition) is 2. The largest absolute Gasteiger partial charge is 0.345 e.